The number of ether oxygens (including phenoxy) is 3. The summed E-state index contributed by atoms with van der Waals surface area (Å²) in [6.07, 6.45) is 0. The van der Waals surface area contributed by atoms with E-state index in [0.29, 0.717) is 5.75 Å². The van der Waals surface area contributed by atoms with Crippen molar-refractivity contribution < 1.29 is 19.1 Å². The van der Waals surface area contributed by atoms with E-state index in [9.17, 15) is 15.4 Å². The fourth-order valence-electron chi connectivity index (χ4n) is 2.55. The van der Waals surface area contributed by atoms with Crippen molar-refractivity contribution >= 4 is 17.3 Å². The van der Waals surface area contributed by atoms with Crippen molar-refractivity contribution in [2.45, 2.75) is 12.5 Å². The van der Waals surface area contributed by atoms with Gasteiger partial charge in [0.05, 0.1) is 48.6 Å². The summed E-state index contributed by atoms with van der Waals surface area (Å²) in [5, 5.41) is 21.6. The topological polar surface area (TPSA) is 108 Å². The molecular weight excluding hydrogens is 362 g/mol. The van der Waals surface area contributed by atoms with Gasteiger partial charge in [0.1, 0.15) is 11.7 Å². The van der Waals surface area contributed by atoms with E-state index in [4.69, 9.17) is 25.8 Å². The highest BCUT2D eigenvalue weighted by atomic mass is 35.5. The van der Waals surface area contributed by atoms with Gasteiger partial charge < -0.3 is 14.2 Å². The van der Waals surface area contributed by atoms with Gasteiger partial charge in [-0.3, -0.25) is 10.1 Å². The van der Waals surface area contributed by atoms with Gasteiger partial charge in [-0.2, -0.15) is 5.26 Å². The maximum absolute atomic E-state index is 11.7. The van der Waals surface area contributed by atoms with Gasteiger partial charge in [0.15, 0.2) is 0 Å². The van der Waals surface area contributed by atoms with Crippen LogP contribution in [0.1, 0.15) is 22.7 Å². The molecule has 0 saturated carbocycles. The van der Waals surface area contributed by atoms with Crippen LogP contribution < -0.4 is 9.47 Å². The van der Waals surface area contributed by atoms with Crippen LogP contribution in [0.25, 0.3) is 0 Å². The Balaban J connectivity index is 2.72. The normalized spacial score (nSPS) is 11.5. The second kappa shape index (κ2) is 8.47. The van der Waals surface area contributed by atoms with E-state index in [2.05, 4.69) is 11.1 Å². The summed E-state index contributed by atoms with van der Waals surface area (Å²) in [4.78, 5) is 15.3. The number of nitriles is 1. The van der Waals surface area contributed by atoms with Crippen molar-refractivity contribution in [3.8, 4) is 17.7 Å². The summed E-state index contributed by atoms with van der Waals surface area (Å²) in [5.41, 5.74) is 0.416. The van der Waals surface area contributed by atoms with Gasteiger partial charge in [-0.05, 0) is 12.1 Å². The molecule has 0 fully saturated rings. The molecule has 136 valence electrons. The van der Waals surface area contributed by atoms with Crippen molar-refractivity contribution in [2.75, 3.05) is 21.3 Å². The first-order chi connectivity index (χ1) is 12.4. The molecule has 1 aromatic carbocycles. The predicted octanol–water partition coefficient (Wildman–Crippen LogP) is 3.46. The number of aromatic nitrogens is 1. The highest BCUT2D eigenvalue weighted by Crippen LogP contribution is 2.37. The minimum atomic E-state index is -1.05. The van der Waals surface area contributed by atoms with E-state index in [-0.39, 0.29) is 40.0 Å². The lowest BCUT2D eigenvalue weighted by Gasteiger charge is -2.14. The molecule has 0 aliphatic carbocycles. The van der Waals surface area contributed by atoms with E-state index in [0.717, 1.165) is 0 Å². The minimum Gasteiger partial charge on any atom is -0.496 e. The molecular formula is C17H16ClN3O5. The monoisotopic (exact) mass is 377 g/mol. The van der Waals surface area contributed by atoms with Crippen molar-refractivity contribution in [1.82, 2.24) is 4.98 Å². The number of methoxy groups -OCH3 is 3. The SMILES string of the molecule is COCc1cc(Cl)cc(C(C#N)c2cc(OC)cc(OC)n2)c1[N+](=O)[O-]. The molecule has 9 heteroatoms. The third-order valence-electron chi connectivity index (χ3n) is 3.64. The fraction of sp³-hybridized carbons (Fsp3) is 0.294. The van der Waals surface area contributed by atoms with Crippen LogP contribution in [0.3, 0.4) is 0 Å². The molecule has 0 spiro atoms. The lowest BCUT2D eigenvalue weighted by molar-refractivity contribution is -0.386. The largest absolute Gasteiger partial charge is 0.496 e. The number of benzene rings is 1. The molecule has 2 aromatic rings. The van der Waals surface area contributed by atoms with E-state index >= 15 is 0 Å². The van der Waals surface area contributed by atoms with E-state index < -0.39 is 10.8 Å². The fourth-order valence-corrected chi connectivity index (χ4v) is 2.80. The van der Waals surface area contributed by atoms with Crippen LogP contribution in [-0.4, -0.2) is 31.2 Å². The number of hydrogen-bond donors (Lipinski definition) is 0. The summed E-state index contributed by atoms with van der Waals surface area (Å²) in [6, 6.07) is 7.95. The van der Waals surface area contributed by atoms with Gasteiger partial charge in [-0.15, -0.1) is 0 Å². The second-order valence-corrected chi connectivity index (χ2v) is 5.67. The van der Waals surface area contributed by atoms with Gasteiger partial charge in [-0.25, -0.2) is 4.98 Å². The van der Waals surface area contributed by atoms with Crippen LogP contribution in [0.4, 0.5) is 5.69 Å². The number of nitro groups is 1. The number of hydrogen-bond acceptors (Lipinski definition) is 7. The molecule has 8 nitrogen and oxygen atoms in total. The highest BCUT2D eigenvalue weighted by molar-refractivity contribution is 6.30. The molecule has 1 unspecified atom stereocenters. The van der Waals surface area contributed by atoms with Crippen molar-refractivity contribution in [1.29, 1.82) is 5.26 Å². The average molecular weight is 378 g/mol. The summed E-state index contributed by atoms with van der Waals surface area (Å²) in [7, 11) is 4.30. The minimum absolute atomic E-state index is 0.0170. The Bertz CT molecular complexity index is 844. The molecule has 0 N–H and O–H groups in total. The molecule has 26 heavy (non-hydrogen) atoms. The molecule has 1 aromatic heterocycles. The van der Waals surface area contributed by atoms with Crippen molar-refractivity contribution in [3.63, 3.8) is 0 Å². The molecule has 1 atom stereocenters. The molecule has 0 amide bonds. The van der Waals surface area contributed by atoms with Crippen LogP contribution in [0.2, 0.25) is 5.02 Å². The van der Waals surface area contributed by atoms with Crippen molar-refractivity contribution in [3.05, 3.63) is 56.2 Å². The van der Waals surface area contributed by atoms with Crippen molar-refractivity contribution in [2.24, 2.45) is 0 Å². The number of rotatable bonds is 7. The van der Waals surface area contributed by atoms with E-state index in [1.165, 1.54) is 39.5 Å². The molecule has 0 radical (unpaired) electrons. The summed E-state index contributed by atoms with van der Waals surface area (Å²) in [5.74, 6) is -0.413. The van der Waals surface area contributed by atoms with Gasteiger partial charge in [0, 0.05) is 24.3 Å². The molecule has 0 bridgehead atoms. The number of nitro benzene ring substituents is 1. The molecule has 0 saturated heterocycles. The van der Waals surface area contributed by atoms with Crippen LogP contribution in [0, 0.1) is 21.4 Å². The average Bonchev–Trinajstić information content (AvgIpc) is 2.61. The van der Waals surface area contributed by atoms with E-state index in [1.54, 1.807) is 6.07 Å². The Hall–Kier alpha value is -2.89. The van der Waals surface area contributed by atoms with Gasteiger partial charge >= 0.3 is 0 Å². The van der Waals surface area contributed by atoms with Crippen LogP contribution in [0.5, 0.6) is 11.6 Å². The van der Waals surface area contributed by atoms with Gasteiger partial charge in [0.2, 0.25) is 5.88 Å². The maximum atomic E-state index is 11.7. The first-order valence-electron chi connectivity index (χ1n) is 7.40. The number of halogens is 1. The van der Waals surface area contributed by atoms with Crippen LogP contribution in [0.15, 0.2) is 24.3 Å². The first kappa shape index (κ1) is 19.4. The van der Waals surface area contributed by atoms with Gasteiger partial charge in [-0.1, -0.05) is 11.6 Å². The Labute approximate surface area is 155 Å². The Morgan fingerprint density at radius 1 is 1.27 bits per heavy atom. The van der Waals surface area contributed by atoms with E-state index in [1.807, 2.05) is 0 Å². The molecule has 2 rings (SSSR count). The standard InChI is InChI=1S/C17H16ClN3O5/c1-24-9-10-4-11(18)5-13(17(10)21(22)23)14(8-19)15-6-12(25-2)7-16(20-15)26-3/h4-7,14H,9H2,1-3H3. The maximum Gasteiger partial charge on any atom is 0.279 e. The molecule has 1 heterocycles. The third-order valence-corrected chi connectivity index (χ3v) is 3.86. The second-order valence-electron chi connectivity index (χ2n) is 5.23. The van der Waals surface area contributed by atoms with Gasteiger partial charge in [0.25, 0.3) is 5.69 Å². The summed E-state index contributed by atoms with van der Waals surface area (Å²) < 4.78 is 15.3. The zero-order valence-corrected chi connectivity index (χ0v) is 15.1. The third kappa shape index (κ3) is 4.02. The lowest BCUT2D eigenvalue weighted by atomic mass is 9.92. The molecule has 0 aliphatic heterocycles. The Kier molecular flexibility index (Phi) is 6.33. The summed E-state index contributed by atoms with van der Waals surface area (Å²) >= 11 is 6.11. The predicted molar refractivity (Wildman–Crippen MR) is 93.6 cm³/mol. The first-order valence-corrected chi connectivity index (χ1v) is 7.78. The smallest absolute Gasteiger partial charge is 0.279 e. The number of pyridine rings is 1. The summed E-state index contributed by atoms with van der Waals surface area (Å²) in [6.45, 7) is -0.0170. The highest BCUT2D eigenvalue weighted by Gasteiger charge is 2.29. The van der Waals surface area contributed by atoms with Crippen LogP contribution >= 0.6 is 11.6 Å². The van der Waals surface area contributed by atoms with Crippen LogP contribution in [-0.2, 0) is 11.3 Å². The Morgan fingerprint density at radius 3 is 2.54 bits per heavy atom. The Morgan fingerprint density at radius 2 is 2.00 bits per heavy atom. The number of nitrogens with zero attached hydrogens (tertiary/aromatic N) is 3. The quantitative estimate of drug-likeness (QED) is 0.537. The zero-order chi connectivity index (χ0) is 19.3. The molecule has 0 aliphatic rings. The zero-order valence-electron chi connectivity index (χ0n) is 14.4. The lowest BCUT2D eigenvalue weighted by Crippen LogP contribution is -2.09.